The third-order valence-corrected chi connectivity index (χ3v) is 3.18. The van der Waals surface area contributed by atoms with E-state index in [1.807, 2.05) is 0 Å². The maximum absolute atomic E-state index is 12.6. The summed E-state index contributed by atoms with van der Waals surface area (Å²) in [5, 5.41) is 0. The van der Waals surface area contributed by atoms with Gasteiger partial charge < -0.3 is 10.5 Å². The maximum Gasteiger partial charge on any atom is 0.310 e. The summed E-state index contributed by atoms with van der Waals surface area (Å²) in [6.07, 6.45) is -1.51. The van der Waals surface area contributed by atoms with Gasteiger partial charge in [0.05, 0.1) is 13.5 Å². The third kappa shape index (κ3) is 3.19. The van der Waals surface area contributed by atoms with Crippen LogP contribution in [0.25, 0.3) is 0 Å². The molecule has 1 aromatic heterocycles. The van der Waals surface area contributed by atoms with Crippen LogP contribution >= 0.6 is 15.9 Å². The molecule has 0 aliphatic heterocycles. The van der Waals surface area contributed by atoms with Crippen molar-refractivity contribution in [3.63, 3.8) is 0 Å². The van der Waals surface area contributed by atoms with Crippen LogP contribution in [0.5, 0.6) is 0 Å². The molecule has 0 saturated heterocycles. The van der Waals surface area contributed by atoms with E-state index < -0.39 is 12.4 Å². The average molecular weight is 309 g/mol. The molecule has 1 heterocycles. The molecular weight excluding hydrogens is 298 g/mol. The summed E-state index contributed by atoms with van der Waals surface area (Å²) in [5.74, 6) is -0.472. The molecule has 2 N–H and O–H groups in total. The van der Waals surface area contributed by atoms with Gasteiger partial charge in [-0.25, -0.2) is 8.78 Å². The lowest BCUT2D eigenvalue weighted by Gasteiger charge is -2.11. The predicted octanol–water partition coefficient (Wildman–Crippen LogP) is 1.96. The van der Waals surface area contributed by atoms with E-state index in [1.165, 1.54) is 13.3 Å². The number of methoxy groups -OCH3 is 1. The smallest absolute Gasteiger partial charge is 0.310 e. The lowest BCUT2D eigenvalue weighted by Crippen LogP contribution is -2.11. The summed E-state index contributed by atoms with van der Waals surface area (Å²) < 4.78 is 30.1. The van der Waals surface area contributed by atoms with Crippen LogP contribution in [0.15, 0.2) is 10.7 Å². The summed E-state index contributed by atoms with van der Waals surface area (Å²) in [6.45, 7) is -0.0811. The summed E-state index contributed by atoms with van der Waals surface area (Å²) >= 11 is 3.16. The molecule has 0 bridgehead atoms. The molecule has 0 saturated carbocycles. The first-order chi connectivity index (χ1) is 8.01. The molecular formula is C10H11BrF2N2O2. The number of alkyl halides is 2. The number of esters is 1. The van der Waals surface area contributed by atoms with E-state index in [-0.39, 0.29) is 24.2 Å². The number of carbonyl (C=O) groups excluding carboxylic acids is 1. The van der Waals surface area contributed by atoms with Gasteiger partial charge in [0.25, 0.3) is 6.43 Å². The fourth-order valence-corrected chi connectivity index (χ4v) is 1.93. The minimum atomic E-state index is -2.70. The van der Waals surface area contributed by atoms with Gasteiger partial charge in [0, 0.05) is 22.8 Å². The molecule has 7 heteroatoms. The van der Waals surface area contributed by atoms with Gasteiger partial charge in [0.15, 0.2) is 0 Å². The predicted molar refractivity (Wildman–Crippen MR) is 60.5 cm³/mol. The minimum absolute atomic E-state index is 0.0411. The normalized spacial score (nSPS) is 10.7. The Hall–Kier alpha value is -1.08. The van der Waals surface area contributed by atoms with Gasteiger partial charge in [0.1, 0.15) is 5.69 Å². The molecule has 4 nitrogen and oxygen atoms in total. The van der Waals surface area contributed by atoms with Crippen molar-refractivity contribution >= 4 is 21.9 Å². The van der Waals surface area contributed by atoms with Crippen LogP contribution in [0.2, 0.25) is 0 Å². The minimum Gasteiger partial charge on any atom is -0.469 e. The highest BCUT2D eigenvalue weighted by atomic mass is 79.9. The number of nitrogens with zero attached hydrogens (tertiary/aromatic N) is 1. The molecule has 94 valence electrons. The molecule has 0 aliphatic carbocycles. The number of ether oxygens (including phenoxy) is 1. The van der Waals surface area contributed by atoms with E-state index in [9.17, 15) is 13.6 Å². The lowest BCUT2D eigenvalue weighted by atomic mass is 10.1. The van der Waals surface area contributed by atoms with Gasteiger partial charge in [-0.15, -0.1) is 0 Å². The largest absolute Gasteiger partial charge is 0.469 e. The third-order valence-electron chi connectivity index (χ3n) is 2.19. The topological polar surface area (TPSA) is 65.2 Å². The van der Waals surface area contributed by atoms with Crippen LogP contribution in [0.1, 0.15) is 23.2 Å². The zero-order valence-corrected chi connectivity index (χ0v) is 10.6. The fraction of sp³-hybridized carbons (Fsp3) is 0.400. The first-order valence-electron chi connectivity index (χ1n) is 4.72. The number of hydrogen-bond acceptors (Lipinski definition) is 4. The zero-order valence-electron chi connectivity index (χ0n) is 9.04. The lowest BCUT2D eigenvalue weighted by molar-refractivity contribution is -0.139. The molecule has 0 radical (unpaired) electrons. The zero-order chi connectivity index (χ0) is 13.0. The average Bonchev–Trinajstić information content (AvgIpc) is 2.30. The number of nitrogens with two attached hydrogens (primary N) is 1. The van der Waals surface area contributed by atoms with Gasteiger partial charge in [-0.05, 0) is 5.56 Å². The molecule has 0 aromatic carbocycles. The van der Waals surface area contributed by atoms with Gasteiger partial charge in [-0.1, -0.05) is 15.9 Å². The second-order valence-corrected chi connectivity index (χ2v) is 4.01. The summed E-state index contributed by atoms with van der Waals surface area (Å²) in [6, 6.07) is 0. The Morgan fingerprint density at radius 1 is 1.65 bits per heavy atom. The van der Waals surface area contributed by atoms with Crippen LogP contribution in [-0.4, -0.2) is 18.1 Å². The Morgan fingerprint density at radius 3 is 2.76 bits per heavy atom. The molecule has 0 aliphatic rings. The second-order valence-electron chi connectivity index (χ2n) is 3.22. The highest BCUT2D eigenvalue weighted by Crippen LogP contribution is 2.29. The summed E-state index contributed by atoms with van der Waals surface area (Å²) in [7, 11) is 1.25. The second kappa shape index (κ2) is 6.02. The first kappa shape index (κ1) is 14.0. The van der Waals surface area contributed by atoms with Gasteiger partial charge in [-0.2, -0.15) is 0 Å². The van der Waals surface area contributed by atoms with Gasteiger partial charge in [-0.3, -0.25) is 9.78 Å². The van der Waals surface area contributed by atoms with Crippen molar-refractivity contribution in [3.8, 4) is 0 Å². The quantitative estimate of drug-likeness (QED) is 0.864. The van der Waals surface area contributed by atoms with E-state index >= 15 is 0 Å². The van der Waals surface area contributed by atoms with Crippen LogP contribution in [-0.2, 0) is 22.5 Å². The Morgan fingerprint density at radius 2 is 2.29 bits per heavy atom. The number of hydrogen-bond donors (Lipinski definition) is 1. The van der Waals surface area contributed by atoms with Crippen molar-refractivity contribution in [2.24, 2.45) is 5.73 Å². The van der Waals surface area contributed by atoms with Crippen molar-refractivity contribution in [1.29, 1.82) is 0 Å². The first-order valence-corrected chi connectivity index (χ1v) is 5.51. The van der Waals surface area contributed by atoms with E-state index in [4.69, 9.17) is 5.73 Å². The molecule has 17 heavy (non-hydrogen) atoms. The van der Waals surface area contributed by atoms with E-state index in [0.717, 1.165) is 0 Å². The highest BCUT2D eigenvalue weighted by molar-refractivity contribution is 9.10. The standard InChI is InChI=1S/C10H11BrF2N2O2/c1-17-7(16)2-5-4-15-9(10(12)13)6(3-14)8(5)11/h4,10H,2-3,14H2,1H3. The Labute approximate surface area is 105 Å². The summed E-state index contributed by atoms with van der Waals surface area (Å²) in [4.78, 5) is 14.7. The number of halogens is 3. The molecule has 0 unspecified atom stereocenters. The van der Waals surface area contributed by atoms with Gasteiger partial charge >= 0.3 is 5.97 Å². The van der Waals surface area contributed by atoms with Crippen molar-refractivity contribution in [2.75, 3.05) is 7.11 Å². The molecule has 1 aromatic rings. The van der Waals surface area contributed by atoms with Crippen molar-refractivity contribution in [1.82, 2.24) is 4.98 Å². The van der Waals surface area contributed by atoms with E-state index in [0.29, 0.717) is 10.0 Å². The van der Waals surface area contributed by atoms with Crippen LogP contribution < -0.4 is 5.73 Å². The van der Waals surface area contributed by atoms with Crippen molar-refractivity contribution in [3.05, 3.63) is 27.5 Å². The Bertz CT molecular complexity index is 427. The van der Waals surface area contributed by atoms with Crippen LogP contribution in [0, 0.1) is 0 Å². The van der Waals surface area contributed by atoms with E-state index in [2.05, 4.69) is 25.7 Å². The molecule has 0 spiro atoms. The molecule has 0 amide bonds. The number of aromatic nitrogens is 1. The maximum atomic E-state index is 12.6. The highest BCUT2D eigenvalue weighted by Gasteiger charge is 2.19. The summed E-state index contributed by atoms with van der Waals surface area (Å²) in [5.41, 5.74) is 5.72. The SMILES string of the molecule is COC(=O)Cc1cnc(C(F)F)c(CN)c1Br. The number of rotatable bonds is 4. The van der Waals surface area contributed by atoms with E-state index in [1.54, 1.807) is 0 Å². The monoisotopic (exact) mass is 308 g/mol. The molecule has 0 atom stereocenters. The number of pyridine rings is 1. The van der Waals surface area contributed by atoms with Crippen molar-refractivity contribution in [2.45, 2.75) is 19.4 Å². The fourth-order valence-electron chi connectivity index (χ4n) is 1.32. The van der Waals surface area contributed by atoms with Crippen LogP contribution in [0.4, 0.5) is 8.78 Å². The number of carbonyl (C=O) groups is 1. The Balaban J connectivity index is 3.15. The van der Waals surface area contributed by atoms with Crippen molar-refractivity contribution < 1.29 is 18.3 Å². The molecule has 0 fully saturated rings. The Kier molecular flexibility index (Phi) is 4.95. The molecule has 1 rings (SSSR count). The van der Waals surface area contributed by atoms with Gasteiger partial charge in [0.2, 0.25) is 0 Å². The van der Waals surface area contributed by atoms with Crippen LogP contribution in [0.3, 0.4) is 0 Å².